The monoisotopic (exact) mass is 394 g/mol. The summed E-state index contributed by atoms with van der Waals surface area (Å²) >= 11 is 0. The van der Waals surface area contributed by atoms with Gasteiger partial charge in [0.1, 0.15) is 17.3 Å². The summed E-state index contributed by atoms with van der Waals surface area (Å²) in [6, 6.07) is 3.82. The lowest BCUT2D eigenvalue weighted by Gasteiger charge is -2.42. The number of allylic oxidation sites excluding steroid dienone is 4. The van der Waals surface area contributed by atoms with Crippen molar-refractivity contribution < 1.29 is 19.4 Å². The number of ketones is 2. The Kier molecular flexibility index (Phi) is 4.34. The summed E-state index contributed by atoms with van der Waals surface area (Å²) in [5, 5.41) is 10.3. The molecule has 1 aliphatic heterocycles. The summed E-state index contributed by atoms with van der Waals surface area (Å²) in [6.07, 6.45) is 2.27. The van der Waals surface area contributed by atoms with Gasteiger partial charge in [-0.05, 0) is 41.4 Å². The first-order valence-corrected chi connectivity index (χ1v) is 10.4. The predicted molar refractivity (Wildman–Crippen MR) is 112 cm³/mol. The molecular formula is C25H30O4. The van der Waals surface area contributed by atoms with E-state index in [9.17, 15) is 14.7 Å². The van der Waals surface area contributed by atoms with Crippen LogP contribution < -0.4 is 0 Å². The van der Waals surface area contributed by atoms with Gasteiger partial charge >= 0.3 is 0 Å². The standard InChI is InChI=1S/C25H30O4/c1-13-7-15(8-14(2)23(13)28)20-21-16(26)9-24(3,4)11-18(21)29-19-12-25(5,6)10-17(27)22(19)20/h7-8,20,28H,9-12H2,1-6H3. The average molecular weight is 395 g/mol. The molecule has 0 spiro atoms. The molecule has 0 fully saturated rings. The molecule has 1 N–H and O–H groups in total. The number of Topliss-reactive ketones (excluding diaryl/α,β-unsaturated/α-hetero) is 2. The van der Waals surface area contributed by atoms with E-state index in [1.165, 1.54) is 0 Å². The highest BCUT2D eigenvalue weighted by atomic mass is 16.5. The van der Waals surface area contributed by atoms with Gasteiger partial charge in [-0.3, -0.25) is 9.59 Å². The molecule has 2 aliphatic carbocycles. The molecule has 1 aromatic rings. The number of aryl methyl sites for hydroxylation is 2. The zero-order valence-corrected chi connectivity index (χ0v) is 18.2. The Morgan fingerprint density at radius 2 is 1.24 bits per heavy atom. The number of carbonyl (C=O) groups is 2. The fourth-order valence-electron chi connectivity index (χ4n) is 5.16. The molecule has 0 saturated carbocycles. The van der Waals surface area contributed by atoms with Crippen LogP contribution >= 0.6 is 0 Å². The number of aromatic hydroxyl groups is 1. The number of hydrogen-bond donors (Lipinski definition) is 1. The Hall–Kier alpha value is -2.36. The molecule has 1 heterocycles. The van der Waals surface area contributed by atoms with Crippen LogP contribution in [0.4, 0.5) is 0 Å². The van der Waals surface area contributed by atoms with Crippen molar-refractivity contribution in [2.24, 2.45) is 10.8 Å². The van der Waals surface area contributed by atoms with Crippen LogP contribution in [-0.4, -0.2) is 16.7 Å². The molecule has 3 aliphatic rings. The van der Waals surface area contributed by atoms with Crippen molar-refractivity contribution >= 4 is 11.6 Å². The normalized spacial score (nSPS) is 23.7. The van der Waals surface area contributed by atoms with Gasteiger partial charge in [-0.15, -0.1) is 0 Å². The number of phenols is 1. The van der Waals surface area contributed by atoms with Gasteiger partial charge in [0, 0.05) is 42.7 Å². The molecule has 1 aromatic carbocycles. The third-order valence-corrected chi connectivity index (χ3v) is 6.43. The van der Waals surface area contributed by atoms with Crippen molar-refractivity contribution in [2.45, 2.75) is 73.1 Å². The molecule has 154 valence electrons. The van der Waals surface area contributed by atoms with Crippen molar-refractivity contribution in [1.82, 2.24) is 0 Å². The van der Waals surface area contributed by atoms with Gasteiger partial charge < -0.3 is 9.84 Å². The Morgan fingerprint density at radius 3 is 1.66 bits per heavy atom. The second kappa shape index (κ2) is 6.32. The molecule has 4 rings (SSSR count). The van der Waals surface area contributed by atoms with Gasteiger partial charge in [-0.2, -0.15) is 0 Å². The topological polar surface area (TPSA) is 63.6 Å². The highest BCUT2D eigenvalue weighted by Gasteiger charge is 2.47. The van der Waals surface area contributed by atoms with Gasteiger partial charge in [-0.1, -0.05) is 39.8 Å². The smallest absolute Gasteiger partial charge is 0.163 e. The summed E-state index contributed by atoms with van der Waals surface area (Å²) in [5.41, 5.74) is 3.36. The van der Waals surface area contributed by atoms with Gasteiger partial charge in [0.2, 0.25) is 0 Å². The second-order valence-electron chi connectivity index (χ2n) is 10.6. The van der Waals surface area contributed by atoms with E-state index in [0.717, 1.165) is 28.2 Å². The zero-order valence-electron chi connectivity index (χ0n) is 18.2. The molecule has 0 radical (unpaired) electrons. The van der Waals surface area contributed by atoms with Crippen LogP contribution in [0.1, 0.15) is 76.0 Å². The number of benzene rings is 1. The van der Waals surface area contributed by atoms with E-state index in [2.05, 4.69) is 27.7 Å². The van der Waals surface area contributed by atoms with Crippen molar-refractivity contribution in [3.8, 4) is 5.75 Å². The summed E-state index contributed by atoms with van der Waals surface area (Å²) < 4.78 is 6.31. The summed E-state index contributed by atoms with van der Waals surface area (Å²) in [4.78, 5) is 26.5. The van der Waals surface area contributed by atoms with Crippen molar-refractivity contribution in [1.29, 1.82) is 0 Å². The van der Waals surface area contributed by atoms with Gasteiger partial charge in [0.15, 0.2) is 11.6 Å². The number of ether oxygens (including phenoxy) is 1. The maximum atomic E-state index is 13.3. The van der Waals surface area contributed by atoms with E-state index in [1.807, 2.05) is 26.0 Å². The Morgan fingerprint density at radius 1 is 0.828 bits per heavy atom. The summed E-state index contributed by atoms with van der Waals surface area (Å²) in [5.74, 6) is 1.44. The minimum atomic E-state index is -0.404. The lowest BCUT2D eigenvalue weighted by atomic mass is 9.65. The number of carbonyl (C=O) groups excluding carboxylic acids is 2. The number of hydrogen-bond acceptors (Lipinski definition) is 4. The molecular weight excluding hydrogens is 364 g/mol. The zero-order chi connectivity index (χ0) is 21.3. The fraction of sp³-hybridized carbons (Fsp3) is 0.520. The molecule has 0 saturated heterocycles. The Labute approximate surface area is 172 Å². The largest absolute Gasteiger partial charge is 0.507 e. The maximum absolute atomic E-state index is 13.3. The molecule has 0 aromatic heterocycles. The van der Waals surface area contributed by atoms with E-state index >= 15 is 0 Å². The van der Waals surface area contributed by atoms with Gasteiger partial charge in [-0.25, -0.2) is 0 Å². The third kappa shape index (κ3) is 3.33. The molecule has 29 heavy (non-hydrogen) atoms. The Balaban J connectivity index is 1.95. The van der Waals surface area contributed by atoms with E-state index in [4.69, 9.17) is 4.74 Å². The minimum Gasteiger partial charge on any atom is -0.507 e. The van der Waals surface area contributed by atoms with Crippen LogP contribution in [0.5, 0.6) is 5.75 Å². The van der Waals surface area contributed by atoms with Crippen LogP contribution in [0.15, 0.2) is 34.8 Å². The van der Waals surface area contributed by atoms with E-state index in [0.29, 0.717) is 36.8 Å². The van der Waals surface area contributed by atoms with Crippen molar-refractivity contribution in [3.63, 3.8) is 0 Å². The molecule has 0 bridgehead atoms. The minimum absolute atomic E-state index is 0.0637. The first kappa shape index (κ1) is 19.9. The highest BCUT2D eigenvalue weighted by molar-refractivity contribution is 6.06. The summed E-state index contributed by atoms with van der Waals surface area (Å²) in [7, 11) is 0. The molecule has 4 heteroatoms. The SMILES string of the molecule is Cc1cc(C2C3=C(CC(C)(C)CC3=O)OC3=C2C(=O)CC(C)(C)C3)cc(C)c1O. The molecule has 0 amide bonds. The van der Waals surface area contributed by atoms with Crippen LogP contribution in [0.2, 0.25) is 0 Å². The number of rotatable bonds is 1. The van der Waals surface area contributed by atoms with Crippen LogP contribution in [0.25, 0.3) is 0 Å². The lowest BCUT2D eigenvalue weighted by molar-refractivity contribution is -0.120. The van der Waals surface area contributed by atoms with Crippen LogP contribution in [0, 0.1) is 24.7 Å². The molecule has 0 atom stereocenters. The number of phenolic OH excluding ortho intramolecular Hbond substituents is 1. The lowest BCUT2D eigenvalue weighted by Crippen LogP contribution is -2.37. The quantitative estimate of drug-likeness (QED) is 0.692. The van der Waals surface area contributed by atoms with Crippen LogP contribution in [-0.2, 0) is 14.3 Å². The predicted octanol–water partition coefficient (Wildman–Crippen LogP) is 5.41. The van der Waals surface area contributed by atoms with E-state index < -0.39 is 5.92 Å². The highest BCUT2D eigenvalue weighted by Crippen LogP contribution is 2.53. The summed E-state index contributed by atoms with van der Waals surface area (Å²) in [6.45, 7) is 12.0. The molecule has 0 unspecified atom stereocenters. The Bertz CT molecular complexity index is 929. The van der Waals surface area contributed by atoms with Gasteiger partial charge in [0.05, 0.1) is 0 Å². The average Bonchev–Trinajstić information content (AvgIpc) is 2.55. The fourth-order valence-corrected chi connectivity index (χ4v) is 5.16. The van der Waals surface area contributed by atoms with E-state index in [-0.39, 0.29) is 28.1 Å². The van der Waals surface area contributed by atoms with Crippen molar-refractivity contribution in [3.05, 3.63) is 51.5 Å². The first-order chi connectivity index (χ1) is 13.4. The third-order valence-electron chi connectivity index (χ3n) is 6.43. The van der Waals surface area contributed by atoms with E-state index in [1.54, 1.807) is 0 Å². The maximum Gasteiger partial charge on any atom is 0.163 e. The molecule has 4 nitrogen and oxygen atoms in total. The first-order valence-electron chi connectivity index (χ1n) is 10.4. The van der Waals surface area contributed by atoms with Crippen molar-refractivity contribution in [2.75, 3.05) is 0 Å². The van der Waals surface area contributed by atoms with Gasteiger partial charge in [0.25, 0.3) is 0 Å². The van der Waals surface area contributed by atoms with Crippen LogP contribution in [0.3, 0.4) is 0 Å². The second-order valence-corrected chi connectivity index (χ2v) is 10.6.